The molecule has 0 aliphatic carbocycles. The van der Waals surface area contributed by atoms with E-state index >= 15 is 0 Å². The third kappa shape index (κ3) is 2.13. The largest absolute Gasteiger partial charge is 0.494 e. The summed E-state index contributed by atoms with van der Waals surface area (Å²) < 4.78 is 18.4. The minimum Gasteiger partial charge on any atom is -0.494 e. The minimum atomic E-state index is -0.471. The van der Waals surface area contributed by atoms with Gasteiger partial charge in [0.15, 0.2) is 11.6 Å². The summed E-state index contributed by atoms with van der Waals surface area (Å²) in [5.41, 5.74) is 1.43. The summed E-state index contributed by atoms with van der Waals surface area (Å²) in [6.45, 7) is 0. The van der Waals surface area contributed by atoms with Crippen LogP contribution in [0.25, 0.3) is 0 Å². The SMILES string of the molecule is COc1ccc(C(C#N)c2cc[nH]c2)cc1F. The van der Waals surface area contributed by atoms with E-state index in [1.165, 1.54) is 19.2 Å². The van der Waals surface area contributed by atoms with Gasteiger partial charge >= 0.3 is 0 Å². The van der Waals surface area contributed by atoms with Crippen LogP contribution >= 0.6 is 0 Å². The number of H-pyrrole nitrogens is 1. The summed E-state index contributed by atoms with van der Waals surface area (Å²) in [4.78, 5) is 2.88. The summed E-state index contributed by atoms with van der Waals surface area (Å²) >= 11 is 0. The molecule has 1 unspecified atom stereocenters. The Morgan fingerprint density at radius 1 is 1.35 bits per heavy atom. The Morgan fingerprint density at radius 2 is 2.18 bits per heavy atom. The fourth-order valence-electron chi connectivity index (χ4n) is 1.72. The Labute approximate surface area is 98.5 Å². The van der Waals surface area contributed by atoms with Crippen molar-refractivity contribution in [2.45, 2.75) is 5.92 Å². The summed E-state index contributed by atoms with van der Waals surface area (Å²) in [6, 6.07) is 8.52. The average molecular weight is 230 g/mol. The summed E-state index contributed by atoms with van der Waals surface area (Å²) in [5, 5.41) is 9.15. The van der Waals surface area contributed by atoms with E-state index < -0.39 is 11.7 Å². The summed E-state index contributed by atoms with van der Waals surface area (Å²) in [6.07, 6.45) is 3.47. The number of aromatic amines is 1. The molecule has 0 fully saturated rings. The normalized spacial score (nSPS) is 11.8. The molecule has 1 aromatic carbocycles. The molecule has 17 heavy (non-hydrogen) atoms. The highest BCUT2D eigenvalue weighted by molar-refractivity contribution is 5.40. The number of nitriles is 1. The first-order valence-corrected chi connectivity index (χ1v) is 5.12. The van der Waals surface area contributed by atoms with Crippen LogP contribution in [0.15, 0.2) is 36.7 Å². The van der Waals surface area contributed by atoms with Crippen molar-refractivity contribution in [2.24, 2.45) is 0 Å². The lowest BCUT2D eigenvalue weighted by Gasteiger charge is -2.09. The Hall–Kier alpha value is -2.28. The standard InChI is InChI=1S/C13H11FN2O/c1-17-13-3-2-9(6-12(13)14)11(7-15)10-4-5-16-8-10/h2-6,8,11,16H,1H3. The molecule has 86 valence electrons. The van der Waals surface area contributed by atoms with E-state index in [1.54, 1.807) is 24.5 Å². The second kappa shape index (κ2) is 4.71. The monoisotopic (exact) mass is 230 g/mol. The van der Waals surface area contributed by atoms with E-state index in [0.29, 0.717) is 5.56 Å². The first-order valence-electron chi connectivity index (χ1n) is 5.12. The number of nitrogens with one attached hydrogen (secondary N) is 1. The number of methoxy groups -OCH3 is 1. The Morgan fingerprint density at radius 3 is 2.71 bits per heavy atom. The van der Waals surface area contributed by atoms with Gasteiger partial charge in [-0.05, 0) is 29.3 Å². The maximum Gasteiger partial charge on any atom is 0.165 e. The van der Waals surface area contributed by atoms with E-state index in [2.05, 4.69) is 11.1 Å². The molecule has 0 saturated carbocycles. The number of rotatable bonds is 3. The van der Waals surface area contributed by atoms with Crippen molar-refractivity contribution < 1.29 is 9.13 Å². The van der Waals surface area contributed by atoms with Crippen molar-refractivity contribution in [3.05, 3.63) is 53.6 Å². The molecule has 0 bridgehead atoms. The van der Waals surface area contributed by atoms with Gasteiger partial charge in [-0.2, -0.15) is 5.26 Å². The quantitative estimate of drug-likeness (QED) is 0.881. The molecule has 1 aromatic heterocycles. The molecule has 0 amide bonds. The van der Waals surface area contributed by atoms with Gasteiger partial charge in [0.25, 0.3) is 0 Å². The fraction of sp³-hybridized carbons (Fsp3) is 0.154. The lowest BCUT2D eigenvalue weighted by molar-refractivity contribution is 0.386. The molecule has 2 aromatic rings. The van der Waals surface area contributed by atoms with E-state index in [0.717, 1.165) is 5.56 Å². The highest BCUT2D eigenvalue weighted by Crippen LogP contribution is 2.27. The van der Waals surface area contributed by atoms with Crippen molar-refractivity contribution in [1.82, 2.24) is 4.98 Å². The molecule has 0 saturated heterocycles. The van der Waals surface area contributed by atoms with Crippen molar-refractivity contribution >= 4 is 0 Å². The predicted molar refractivity (Wildman–Crippen MR) is 61.2 cm³/mol. The fourth-order valence-corrected chi connectivity index (χ4v) is 1.72. The zero-order valence-electron chi connectivity index (χ0n) is 9.27. The van der Waals surface area contributed by atoms with E-state index in [9.17, 15) is 4.39 Å². The van der Waals surface area contributed by atoms with Crippen LogP contribution in [0.2, 0.25) is 0 Å². The van der Waals surface area contributed by atoms with Crippen LogP contribution in [0, 0.1) is 17.1 Å². The topological polar surface area (TPSA) is 48.8 Å². The molecule has 0 aliphatic rings. The molecule has 1 heterocycles. The smallest absolute Gasteiger partial charge is 0.165 e. The lowest BCUT2D eigenvalue weighted by atomic mass is 9.94. The van der Waals surface area contributed by atoms with Crippen LogP contribution in [0.4, 0.5) is 4.39 Å². The van der Waals surface area contributed by atoms with Crippen LogP contribution in [-0.2, 0) is 0 Å². The Bertz CT molecular complexity index is 543. The Balaban J connectivity index is 2.40. The molecule has 0 radical (unpaired) electrons. The van der Waals surface area contributed by atoms with Crippen LogP contribution in [0.3, 0.4) is 0 Å². The van der Waals surface area contributed by atoms with Gasteiger partial charge in [-0.1, -0.05) is 6.07 Å². The van der Waals surface area contributed by atoms with Gasteiger partial charge in [-0.15, -0.1) is 0 Å². The number of halogens is 1. The van der Waals surface area contributed by atoms with E-state index in [1.807, 2.05) is 0 Å². The molecular formula is C13H11FN2O. The highest BCUT2D eigenvalue weighted by atomic mass is 19.1. The number of ether oxygens (including phenoxy) is 1. The highest BCUT2D eigenvalue weighted by Gasteiger charge is 2.15. The molecule has 4 heteroatoms. The number of nitrogens with zero attached hydrogens (tertiary/aromatic N) is 1. The van der Waals surface area contributed by atoms with Crippen molar-refractivity contribution in [3.63, 3.8) is 0 Å². The van der Waals surface area contributed by atoms with E-state index in [4.69, 9.17) is 10.00 Å². The van der Waals surface area contributed by atoms with Gasteiger partial charge in [0.05, 0.1) is 19.1 Å². The van der Waals surface area contributed by atoms with Gasteiger partial charge < -0.3 is 9.72 Å². The molecule has 0 aliphatic heterocycles. The number of benzene rings is 1. The average Bonchev–Trinajstić information content (AvgIpc) is 2.84. The summed E-state index contributed by atoms with van der Waals surface area (Å²) in [5.74, 6) is -0.748. The van der Waals surface area contributed by atoms with Gasteiger partial charge in [0, 0.05) is 12.4 Å². The van der Waals surface area contributed by atoms with Crippen LogP contribution < -0.4 is 4.74 Å². The number of hydrogen-bond donors (Lipinski definition) is 1. The lowest BCUT2D eigenvalue weighted by Crippen LogP contribution is -1.98. The first-order chi connectivity index (χ1) is 8.26. The molecule has 1 N–H and O–H groups in total. The van der Waals surface area contributed by atoms with Crippen LogP contribution in [-0.4, -0.2) is 12.1 Å². The third-order valence-corrected chi connectivity index (χ3v) is 2.59. The zero-order valence-corrected chi connectivity index (χ0v) is 9.27. The van der Waals surface area contributed by atoms with Crippen LogP contribution in [0.1, 0.15) is 17.0 Å². The Kier molecular flexibility index (Phi) is 3.10. The van der Waals surface area contributed by atoms with Crippen LogP contribution in [0.5, 0.6) is 5.75 Å². The maximum absolute atomic E-state index is 13.5. The third-order valence-electron chi connectivity index (χ3n) is 2.59. The van der Waals surface area contributed by atoms with Gasteiger partial charge in [-0.25, -0.2) is 4.39 Å². The first kappa shape index (κ1) is 11.2. The van der Waals surface area contributed by atoms with E-state index in [-0.39, 0.29) is 5.75 Å². The van der Waals surface area contributed by atoms with Gasteiger partial charge in [-0.3, -0.25) is 0 Å². The second-order valence-corrected chi connectivity index (χ2v) is 3.60. The van der Waals surface area contributed by atoms with Crippen molar-refractivity contribution in [3.8, 4) is 11.8 Å². The molecule has 0 spiro atoms. The maximum atomic E-state index is 13.5. The van der Waals surface area contributed by atoms with Crippen molar-refractivity contribution in [1.29, 1.82) is 5.26 Å². The number of hydrogen-bond acceptors (Lipinski definition) is 2. The van der Waals surface area contributed by atoms with Gasteiger partial charge in [0.2, 0.25) is 0 Å². The molecule has 1 atom stereocenters. The number of aromatic nitrogens is 1. The summed E-state index contributed by atoms with van der Waals surface area (Å²) in [7, 11) is 1.41. The molecule has 2 rings (SSSR count). The minimum absolute atomic E-state index is 0.180. The predicted octanol–water partition coefficient (Wildman–Crippen LogP) is 2.82. The van der Waals surface area contributed by atoms with Gasteiger partial charge in [0.1, 0.15) is 0 Å². The molecule has 3 nitrogen and oxygen atoms in total. The zero-order chi connectivity index (χ0) is 12.3. The second-order valence-electron chi connectivity index (χ2n) is 3.60. The van der Waals surface area contributed by atoms with Crippen molar-refractivity contribution in [2.75, 3.05) is 7.11 Å². The molecular weight excluding hydrogens is 219 g/mol.